The fraction of sp³-hybridized carbons (Fsp3) is 0.824. The average Bonchev–Trinajstić information content (AvgIpc) is 2.35. The lowest BCUT2D eigenvalue weighted by Gasteiger charge is -2.61. The second kappa shape index (κ2) is 5.40. The maximum absolute atomic E-state index is 11.7. The van der Waals surface area contributed by atoms with Gasteiger partial charge in [0, 0.05) is 6.08 Å². The van der Waals surface area contributed by atoms with E-state index in [0.717, 1.165) is 19.3 Å². The molecule has 4 saturated carbocycles. The second-order valence-corrected chi connectivity index (χ2v) is 7.63. The van der Waals surface area contributed by atoms with Crippen molar-refractivity contribution in [1.82, 2.24) is 0 Å². The Kier molecular flexibility index (Phi) is 3.87. The van der Waals surface area contributed by atoms with Crippen LogP contribution in [0.25, 0.3) is 0 Å². The van der Waals surface area contributed by atoms with Gasteiger partial charge in [-0.15, -0.1) is 0 Å². The van der Waals surface area contributed by atoms with Crippen LogP contribution in [-0.2, 0) is 14.3 Å². The molecule has 118 valence electrons. The van der Waals surface area contributed by atoms with Gasteiger partial charge < -0.3 is 14.6 Å². The van der Waals surface area contributed by atoms with Crippen molar-refractivity contribution in [2.75, 3.05) is 13.2 Å². The third-order valence-electron chi connectivity index (χ3n) is 5.38. The SMILES string of the molecule is C=CC(=O)OC12CC3CC(CC(COCC(C)O)(C3)C1)C2. The summed E-state index contributed by atoms with van der Waals surface area (Å²) in [6, 6.07) is 0. The first-order valence-corrected chi connectivity index (χ1v) is 8.05. The van der Waals surface area contributed by atoms with E-state index in [0.29, 0.717) is 25.0 Å². The van der Waals surface area contributed by atoms with Crippen molar-refractivity contribution in [3.63, 3.8) is 0 Å². The number of hydrogen-bond donors (Lipinski definition) is 1. The highest BCUT2D eigenvalue weighted by Crippen LogP contribution is 2.62. The van der Waals surface area contributed by atoms with Gasteiger partial charge in [0.15, 0.2) is 0 Å². The van der Waals surface area contributed by atoms with Crippen LogP contribution in [-0.4, -0.2) is 36.0 Å². The van der Waals surface area contributed by atoms with E-state index in [2.05, 4.69) is 6.58 Å². The molecule has 0 spiro atoms. The van der Waals surface area contributed by atoms with E-state index in [1.54, 1.807) is 6.92 Å². The van der Waals surface area contributed by atoms with Crippen LogP contribution in [0.1, 0.15) is 45.4 Å². The molecule has 0 aromatic carbocycles. The molecule has 4 heteroatoms. The average molecular weight is 294 g/mol. The Bertz CT molecular complexity index is 415. The number of aliphatic hydroxyl groups excluding tert-OH is 1. The van der Waals surface area contributed by atoms with Crippen LogP contribution in [0, 0.1) is 17.3 Å². The summed E-state index contributed by atoms with van der Waals surface area (Å²) in [5.41, 5.74) is -0.149. The van der Waals surface area contributed by atoms with Crippen LogP contribution in [0.5, 0.6) is 0 Å². The number of esters is 1. The monoisotopic (exact) mass is 294 g/mol. The fourth-order valence-electron chi connectivity index (χ4n) is 5.35. The van der Waals surface area contributed by atoms with Crippen molar-refractivity contribution in [1.29, 1.82) is 0 Å². The minimum atomic E-state index is -0.425. The Hall–Kier alpha value is -0.870. The summed E-state index contributed by atoms with van der Waals surface area (Å²) >= 11 is 0. The molecule has 0 aromatic rings. The molecule has 21 heavy (non-hydrogen) atoms. The van der Waals surface area contributed by atoms with E-state index >= 15 is 0 Å². The predicted molar refractivity (Wildman–Crippen MR) is 78.6 cm³/mol. The summed E-state index contributed by atoms with van der Waals surface area (Å²) in [5.74, 6) is 1.01. The van der Waals surface area contributed by atoms with Crippen molar-refractivity contribution in [2.24, 2.45) is 17.3 Å². The summed E-state index contributed by atoms with van der Waals surface area (Å²) < 4.78 is 11.5. The summed E-state index contributed by atoms with van der Waals surface area (Å²) in [6.07, 6.45) is 7.38. The molecule has 0 amide bonds. The van der Waals surface area contributed by atoms with Gasteiger partial charge in [0.25, 0.3) is 0 Å². The van der Waals surface area contributed by atoms with Crippen molar-refractivity contribution in [3.05, 3.63) is 12.7 Å². The third kappa shape index (κ3) is 3.02. The lowest BCUT2D eigenvalue weighted by molar-refractivity contribution is -0.206. The zero-order valence-electron chi connectivity index (χ0n) is 12.8. The number of carbonyl (C=O) groups excluding carboxylic acids is 1. The first-order valence-electron chi connectivity index (χ1n) is 8.05. The normalized spacial score (nSPS) is 41.8. The van der Waals surface area contributed by atoms with Gasteiger partial charge in [0.05, 0.1) is 19.3 Å². The van der Waals surface area contributed by atoms with Gasteiger partial charge in [-0.25, -0.2) is 4.79 Å². The van der Waals surface area contributed by atoms with E-state index in [-0.39, 0.29) is 17.0 Å². The maximum atomic E-state index is 11.7. The van der Waals surface area contributed by atoms with Crippen molar-refractivity contribution in [2.45, 2.75) is 57.2 Å². The second-order valence-electron chi connectivity index (χ2n) is 7.63. The van der Waals surface area contributed by atoms with Gasteiger partial charge in [-0.05, 0) is 62.7 Å². The van der Waals surface area contributed by atoms with Crippen LogP contribution in [0.15, 0.2) is 12.7 Å². The lowest BCUT2D eigenvalue weighted by Crippen LogP contribution is -2.58. The lowest BCUT2D eigenvalue weighted by atomic mass is 9.48. The topological polar surface area (TPSA) is 55.8 Å². The zero-order chi connectivity index (χ0) is 15.1. The molecule has 3 atom stereocenters. The summed E-state index contributed by atoms with van der Waals surface area (Å²) in [5, 5.41) is 9.36. The van der Waals surface area contributed by atoms with Crippen LogP contribution < -0.4 is 0 Å². The molecule has 4 nitrogen and oxygen atoms in total. The molecule has 0 heterocycles. The smallest absolute Gasteiger partial charge is 0.330 e. The summed E-state index contributed by atoms with van der Waals surface area (Å²) in [6.45, 7) is 6.33. The van der Waals surface area contributed by atoms with E-state index in [4.69, 9.17) is 9.47 Å². The highest BCUT2D eigenvalue weighted by Gasteiger charge is 2.59. The summed E-state index contributed by atoms with van der Waals surface area (Å²) in [7, 11) is 0. The maximum Gasteiger partial charge on any atom is 0.330 e. The molecule has 0 aliphatic heterocycles. The van der Waals surface area contributed by atoms with Gasteiger partial charge in [-0.2, -0.15) is 0 Å². The number of aliphatic hydroxyl groups is 1. The fourth-order valence-corrected chi connectivity index (χ4v) is 5.35. The Balaban J connectivity index is 1.72. The molecule has 4 aliphatic carbocycles. The van der Waals surface area contributed by atoms with Crippen LogP contribution >= 0.6 is 0 Å². The number of ether oxygens (including phenoxy) is 2. The Labute approximate surface area is 126 Å². The van der Waals surface area contributed by atoms with Crippen molar-refractivity contribution in [3.8, 4) is 0 Å². The van der Waals surface area contributed by atoms with E-state index in [1.807, 2.05) is 0 Å². The highest BCUT2D eigenvalue weighted by molar-refractivity contribution is 5.81. The first-order chi connectivity index (χ1) is 9.94. The molecule has 0 saturated heterocycles. The molecular weight excluding hydrogens is 268 g/mol. The minimum Gasteiger partial charge on any atom is -0.456 e. The molecule has 4 rings (SSSR count). The molecule has 4 aliphatic rings. The van der Waals surface area contributed by atoms with E-state index < -0.39 is 6.10 Å². The Morgan fingerprint density at radius 2 is 2.05 bits per heavy atom. The Morgan fingerprint density at radius 1 is 1.38 bits per heavy atom. The van der Waals surface area contributed by atoms with E-state index in [1.165, 1.54) is 25.3 Å². The van der Waals surface area contributed by atoms with Crippen LogP contribution in [0.4, 0.5) is 0 Å². The number of rotatable bonds is 6. The zero-order valence-corrected chi connectivity index (χ0v) is 12.8. The van der Waals surface area contributed by atoms with Gasteiger partial charge in [-0.1, -0.05) is 6.58 Å². The summed E-state index contributed by atoms with van der Waals surface area (Å²) in [4.78, 5) is 11.7. The third-order valence-corrected chi connectivity index (χ3v) is 5.38. The molecule has 1 N–H and O–H groups in total. The van der Waals surface area contributed by atoms with Crippen LogP contribution in [0.3, 0.4) is 0 Å². The van der Waals surface area contributed by atoms with E-state index in [9.17, 15) is 9.90 Å². The van der Waals surface area contributed by atoms with Crippen LogP contribution in [0.2, 0.25) is 0 Å². The number of hydrogen-bond acceptors (Lipinski definition) is 4. The first kappa shape index (κ1) is 15.0. The molecule has 4 fully saturated rings. The van der Waals surface area contributed by atoms with Crippen molar-refractivity contribution >= 4 is 5.97 Å². The van der Waals surface area contributed by atoms with Gasteiger partial charge in [0.1, 0.15) is 5.60 Å². The molecular formula is C17H26O4. The standard InChI is InChI=1S/C17H26O4/c1-3-15(19)21-17-7-13-4-14(8-17)6-16(5-13,10-17)11-20-9-12(2)18/h3,12-14,18H,1,4-11H2,2H3. The van der Waals surface area contributed by atoms with Gasteiger partial charge in [-0.3, -0.25) is 0 Å². The van der Waals surface area contributed by atoms with Gasteiger partial charge >= 0.3 is 5.97 Å². The van der Waals surface area contributed by atoms with Crippen molar-refractivity contribution < 1.29 is 19.4 Å². The minimum absolute atomic E-state index is 0.139. The number of carbonyl (C=O) groups is 1. The highest BCUT2D eigenvalue weighted by atomic mass is 16.6. The quantitative estimate of drug-likeness (QED) is 0.604. The molecule has 4 bridgehead atoms. The molecule has 0 aromatic heterocycles. The van der Waals surface area contributed by atoms with Gasteiger partial charge in [0.2, 0.25) is 0 Å². The Morgan fingerprint density at radius 3 is 2.62 bits per heavy atom. The molecule has 0 radical (unpaired) electrons. The predicted octanol–water partition coefficient (Wildman–Crippen LogP) is 2.45. The largest absolute Gasteiger partial charge is 0.456 e. The molecule has 3 unspecified atom stereocenters.